The number of ether oxygens (including phenoxy) is 1. The van der Waals surface area contributed by atoms with Gasteiger partial charge in [0.25, 0.3) is 0 Å². The molecule has 27 heavy (non-hydrogen) atoms. The van der Waals surface area contributed by atoms with Crippen LogP contribution in [-0.4, -0.2) is 37.0 Å². The van der Waals surface area contributed by atoms with Crippen LogP contribution in [0.15, 0.2) is 54.6 Å². The molecule has 1 saturated heterocycles. The number of hydrogen-bond donors (Lipinski definition) is 1. The first-order chi connectivity index (χ1) is 13.3. The van der Waals surface area contributed by atoms with Crippen molar-refractivity contribution in [1.82, 2.24) is 10.2 Å². The molecule has 4 heteroatoms. The third-order valence-electron chi connectivity index (χ3n) is 5.15. The van der Waals surface area contributed by atoms with Crippen molar-refractivity contribution < 1.29 is 9.53 Å². The molecule has 1 fully saturated rings. The van der Waals surface area contributed by atoms with Crippen molar-refractivity contribution in [2.45, 2.75) is 38.6 Å². The fourth-order valence-corrected chi connectivity index (χ4v) is 3.74. The second kappa shape index (κ2) is 10.1. The van der Waals surface area contributed by atoms with Crippen LogP contribution < -0.4 is 10.1 Å². The second-order valence-corrected chi connectivity index (χ2v) is 7.01. The number of likely N-dealkylation sites (tertiary alicyclic amines) is 1. The average Bonchev–Trinajstić information content (AvgIpc) is 3.23. The highest BCUT2D eigenvalue weighted by Crippen LogP contribution is 2.24. The summed E-state index contributed by atoms with van der Waals surface area (Å²) >= 11 is 0. The Morgan fingerprint density at radius 1 is 1.07 bits per heavy atom. The van der Waals surface area contributed by atoms with Crippen LogP contribution in [0.4, 0.5) is 0 Å². The van der Waals surface area contributed by atoms with Crippen LogP contribution in [0, 0.1) is 0 Å². The van der Waals surface area contributed by atoms with Gasteiger partial charge in [0.15, 0.2) is 0 Å². The number of carbonyl (C=O) groups is 1. The van der Waals surface area contributed by atoms with Gasteiger partial charge in [-0.2, -0.15) is 0 Å². The number of rotatable bonds is 9. The van der Waals surface area contributed by atoms with E-state index in [-0.39, 0.29) is 11.9 Å². The van der Waals surface area contributed by atoms with E-state index < -0.39 is 0 Å². The Balaban J connectivity index is 1.55. The van der Waals surface area contributed by atoms with Crippen LogP contribution in [0.3, 0.4) is 0 Å². The maximum Gasteiger partial charge on any atom is 0.220 e. The maximum absolute atomic E-state index is 12.5. The van der Waals surface area contributed by atoms with Gasteiger partial charge in [0.1, 0.15) is 5.75 Å². The Kier molecular flexibility index (Phi) is 7.28. The molecule has 1 amide bonds. The molecule has 1 heterocycles. The van der Waals surface area contributed by atoms with E-state index in [4.69, 9.17) is 4.74 Å². The van der Waals surface area contributed by atoms with Crippen molar-refractivity contribution in [3.63, 3.8) is 0 Å². The smallest absolute Gasteiger partial charge is 0.220 e. The minimum atomic E-state index is 0.0985. The van der Waals surface area contributed by atoms with Crippen molar-refractivity contribution in [3.8, 4) is 5.75 Å². The van der Waals surface area contributed by atoms with Crippen LogP contribution in [-0.2, 0) is 11.2 Å². The van der Waals surface area contributed by atoms with Crippen molar-refractivity contribution in [1.29, 1.82) is 0 Å². The van der Waals surface area contributed by atoms with E-state index in [1.165, 1.54) is 18.4 Å². The predicted octanol–water partition coefficient (Wildman–Crippen LogP) is 3.97. The molecule has 1 atom stereocenters. The van der Waals surface area contributed by atoms with Gasteiger partial charge in [0.05, 0.1) is 12.6 Å². The van der Waals surface area contributed by atoms with Crippen LogP contribution in [0.25, 0.3) is 0 Å². The Morgan fingerprint density at radius 2 is 1.78 bits per heavy atom. The number of para-hydroxylation sites is 1. The fourth-order valence-electron chi connectivity index (χ4n) is 3.74. The number of hydrogen-bond acceptors (Lipinski definition) is 3. The molecule has 1 N–H and O–H groups in total. The quantitative estimate of drug-likeness (QED) is 0.730. The van der Waals surface area contributed by atoms with Crippen LogP contribution in [0.2, 0.25) is 0 Å². The minimum Gasteiger partial charge on any atom is -0.494 e. The van der Waals surface area contributed by atoms with Gasteiger partial charge in [-0.25, -0.2) is 0 Å². The summed E-state index contributed by atoms with van der Waals surface area (Å²) in [5.74, 6) is 0.980. The van der Waals surface area contributed by atoms with Gasteiger partial charge in [-0.1, -0.05) is 48.5 Å². The first-order valence-electron chi connectivity index (χ1n) is 10.0. The summed E-state index contributed by atoms with van der Waals surface area (Å²) in [5.41, 5.74) is 2.37. The first kappa shape index (κ1) is 19.4. The van der Waals surface area contributed by atoms with Crippen molar-refractivity contribution >= 4 is 5.91 Å². The summed E-state index contributed by atoms with van der Waals surface area (Å²) in [4.78, 5) is 15.0. The molecule has 0 aromatic heterocycles. The maximum atomic E-state index is 12.5. The molecule has 0 saturated carbocycles. The highest BCUT2D eigenvalue weighted by molar-refractivity contribution is 5.76. The molecular weight excluding hydrogens is 336 g/mol. The molecule has 0 spiro atoms. The lowest BCUT2D eigenvalue weighted by molar-refractivity contribution is -0.121. The largest absolute Gasteiger partial charge is 0.494 e. The third kappa shape index (κ3) is 5.57. The van der Waals surface area contributed by atoms with Gasteiger partial charge in [-0.15, -0.1) is 0 Å². The van der Waals surface area contributed by atoms with Crippen LogP contribution in [0.1, 0.15) is 43.4 Å². The van der Waals surface area contributed by atoms with E-state index in [9.17, 15) is 4.79 Å². The van der Waals surface area contributed by atoms with E-state index >= 15 is 0 Å². The fraction of sp³-hybridized carbons (Fsp3) is 0.435. The Labute approximate surface area is 162 Å². The van der Waals surface area contributed by atoms with E-state index in [1.807, 2.05) is 37.3 Å². The normalized spacial score (nSPS) is 15.4. The molecule has 1 unspecified atom stereocenters. The van der Waals surface area contributed by atoms with Crippen molar-refractivity contribution in [2.75, 3.05) is 26.2 Å². The molecule has 144 valence electrons. The summed E-state index contributed by atoms with van der Waals surface area (Å²) in [7, 11) is 0. The number of nitrogens with one attached hydrogen (secondary N) is 1. The van der Waals surface area contributed by atoms with Crippen molar-refractivity contribution in [2.24, 2.45) is 0 Å². The lowest BCUT2D eigenvalue weighted by atomic mass is 10.0. The number of nitrogens with zero attached hydrogens (tertiary/aromatic N) is 1. The summed E-state index contributed by atoms with van der Waals surface area (Å²) in [6.07, 6.45) is 3.66. The average molecular weight is 367 g/mol. The predicted molar refractivity (Wildman–Crippen MR) is 109 cm³/mol. The molecule has 3 rings (SSSR count). The van der Waals surface area contributed by atoms with Gasteiger partial charge in [0.2, 0.25) is 5.91 Å². The summed E-state index contributed by atoms with van der Waals surface area (Å²) in [6, 6.07) is 18.7. The molecule has 0 aliphatic carbocycles. The summed E-state index contributed by atoms with van der Waals surface area (Å²) < 4.78 is 5.65. The van der Waals surface area contributed by atoms with E-state index in [2.05, 4.69) is 34.5 Å². The monoisotopic (exact) mass is 366 g/mol. The van der Waals surface area contributed by atoms with E-state index in [0.29, 0.717) is 26.0 Å². The molecule has 0 bridgehead atoms. The summed E-state index contributed by atoms with van der Waals surface area (Å²) in [5, 5.41) is 3.16. The summed E-state index contributed by atoms with van der Waals surface area (Å²) in [6.45, 7) is 5.49. The Hall–Kier alpha value is -2.33. The Bertz CT molecular complexity index is 711. The van der Waals surface area contributed by atoms with Gasteiger partial charge < -0.3 is 10.1 Å². The lowest BCUT2D eigenvalue weighted by Crippen LogP contribution is -2.36. The minimum absolute atomic E-state index is 0.0985. The first-order valence-corrected chi connectivity index (χ1v) is 10.0. The molecule has 2 aromatic carbocycles. The molecule has 1 aliphatic heterocycles. The van der Waals surface area contributed by atoms with E-state index in [0.717, 1.165) is 24.4 Å². The number of amides is 1. The highest BCUT2D eigenvalue weighted by Gasteiger charge is 2.23. The zero-order valence-corrected chi connectivity index (χ0v) is 16.2. The van der Waals surface area contributed by atoms with Crippen LogP contribution >= 0.6 is 0 Å². The number of carbonyl (C=O) groups excluding carboxylic acids is 1. The highest BCUT2D eigenvalue weighted by atomic mass is 16.5. The number of benzene rings is 2. The molecule has 4 nitrogen and oxygen atoms in total. The van der Waals surface area contributed by atoms with Crippen molar-refractivity contribution in [3.05, 3.63) is 65.7 Å². The zero-order valence-electron chi connectivity index (χ0n) is 16.2. The van der Waals surface area contributed by atoms with Crippen LogP contribution in [0.5, 0.6) is 5.75 Å². The van der Waals surface area contributed by atoms with Gasteiger partial charge in [-0.3, -0.25) is 9.69 Å². The van der Waals surface area contributed by atoms with E-state index in [1.54, 1.807) is 0 Å². The second-order valence-electron chi connectivity index (χ2n) is 7.01. The zero-order chi connectivity index (χ0) is 18.9. The SMILES string of the molecule is CCOc1ccccc1CCC(=O)NCC(c1ccccc1)N1CCCC1. The standard InChI is InChI=1S/C23H30N2O2/c1-2-27-22-13-7-6-12-20(22)14-15-23(26)24-18-21(25-16-8-9-17-25)19-10-4-3-5-11-19/h3-7,10-13,21H,2,8-9,14-18H2,1H3,(H,24,26). The number of aryl methyl sites for hydroxylation is 1. The molecular formula is C23H30N2O2. The van der Waals surface area contributed by atoms with Gasteiger partial charge in [-0.05, 0) is 56.5 Å². The van der Waals surface area contributed by atoms with Gasteiger partial charge >= 0.3 is 0 Å². The molecule has 0 radical (unpaired) electrons. The topological polar surface area (TPSA) is 41.6 Å². The van der Waals surface area contributed by atoms with Gasteiger partial charge in [0, 0.05) is 13.0 Å². The lowest BCUT2D eigenvalue weighted by Gasteiger charge is -2.28. The Morgan fingerprint density at radius 3 is 2.52 bits per heavy atom. The molecule has 2 aromatic rings. The third-order valence-corrected chi connectivity index (χ3v) is 5.15. The molecule has 1 aliphatic rings.